The first-order valence-corrected chi connectivity index (χ1v) is 8.35. The predicted octanol–water partition coefficient (Wildman–Crippen LogP) is 3.56. The van der Waals surface area contributed by atoms with Gasteiger partial charge in [0.25, 0.3) is 0 Å². The summed E-state index contributed by atoms with van der Waals surface area (Å²) in [7, 11) is 1.66. The minimum absolute atomic E-state index is 0.381. The van der Waals surface area contributed by atoms with Gasteiger partial charge < -0.3 is 20.5 Å². The van der Waals surface area contributed by atoms with Crippen LogP contribution in [0.25, 0.3) is 0 Å². The molecule has 2 rings (SSSR count). The summed E-state index contributed by atoms with van der Waals surface area (Å²) in [5, 5.41) is 3.13. The number of hydrogen-bond donors (Lipinski definition) is 2. The molecule has 0 heterocycles. The average Bonchev–Trinajstić information content (AvgIpc) is 2.58. The van der Waals surface area contributed by atoms with E-state index < -0.39 is 0 Å². The summed E-state index contributed by atoms with van der Waals surface area (Å²) >= 11 is 0. The van der Waals surface area contributed by atoms with Crippen LogP contribution in [-0.2, 0) is 11.3 Å². The predicted molar refractivity (Wildman–Crippen MR) is 103 cm³/mol. The number of guanidine groups is 1. The Morgan fingerprint density at radius 3 is 2.56 bits per heavy atom. The van der Waals surface area contributed by atoms with Gasteiger partial charge in [-0.1, -0.05) is 18.2 Å². The molecule has 0 atom stereocenters. The molecule has 25 heavy (non-hydrogen) atoms. The first-order valence-electron chi connectivity index (χ1n) is 8.35. The Labute approximate surface area is 149 Å². The molecule has 0 aliphatic heterocycles. The Hall–Kier alpha value is -2.53. The molecule has 5 heteroatoms. The zero-order chi connectivity index (χ0) is 18.2. The van der Waals surface area contributed by atoms with Crippen LogP contribution in [0, 0.1) is 20.8 Å². The van der Waals surface area contributed by atoms with E-state index in [0.29, 0.717) is 25.7 Å². The van der Waals surface area contributed by atoms with Crippen molar-refractivity contribution >= 4 is 11.6 Å². The highest BCUT2D eigenvalue weighted by atomic mass is 16.5. The number of ether oxygens (including phenoxy) is 2. The maximum atomic E-state index is 6.02. The van der Waals surface area contributed by atoms with Crippen LogP contribution in [0.4, 0.5) is 5.69 Å². The van der Waals surface area contributed by atoms with Crippen molar-refractivity contribution in [2.75, 3.05) is 25.6 Å². The molecule has 0 saturated heterocycles. The third-order valence-corrected chi connectivity index (χ3v) is 3.97. The van der Waals surface area contributed by atoms with Crippen molar-refractivity contribution in [3.05, 3.63) is 58.7 Å². The van der Waals surface area contributed by atoms with Crippen molar-refractivity contribution in [1.82, 2.24) is 0 Å². The minimum atomic E-state index is 0.381. The number of anilines is 1. The molecule has 0 unspecified atom stereocenters. The van der Waals surface area contributed by atoms with Crippen molar-refractivity contribution in [3.63, 3.8) is 0 Å². The summed E-state index contributed by atoms with van der Waals surface area (Å²) in [6.45, 7) is 7.70. The number of nitrogens with zero attached hydrogens (tertiary/aromatic N) is 1. The van der Waals surface area contributed by atoms with E-state index in [1.807, 2.05) is 31.2 Å². The van der Waals surface area contributed by atoms with Crippen LogP contribution < -0.4 is 15.8 Å². The fraction of sp³-hybridized carbons (Fsp3) is 0.350. The number of nitrogens with two attached hydrogens (primary N) is 1. The summed E-state index contributed by atoms with van der Waals surface area (Å²) < 4.78 is 10.8. The zero-order valence-electron chi connectivity index (χ0n) is 15.4. The zero-order valence-corrected chi connectivity index (χ0v) is 15.4. The first-order chi connectivity index (χ1) is 12.0. The van der Waals surface area contributed by atoms with Crippen molar-refractivity contribution in [2.24, 2.45) is 10.7 Å². The molecule has 0 spiro atoms. The number of rotatable bonds is 7. The van der Waals surface area contributed by atoms with E-state index in [0.717, 1.165) is 22.6 Å². The van der Waals surface area contributed by atoms with Gasteiger partial charge in [0.05, 0.1) is 13.2 Å². The van der Waals surface area contributed by atoms with Crippen LogP contribution in [0.3, 0.4) is 0 Å². The van der Waals surface area contributed by atoms with Gasteiger partial charge in [0, 0.05) is 18.4 Å². The SMILES string of the molecule is COCCOc1cc(C)ccc1CN=C(N)Nc1ccc(C)c(C)c1. The van der Waals surface area contributed by atoms with Crippen molar-refractivity contribution in [3.8, 4) is 5.75 Å². The molecule has 0 saturated carbocycles. The standard InChI is InChI=1S/C20H27N3O2/c1-14-5-7-17(19(11-14)25-10-9-24-4)13-22-20(21)23-18-8-6-15(2)16(3)12-18/h5-8,11-12H,9-10,13H2,1-4H3,(H3,21,22,23). The van der Waals surface area contributed by atoms with E-state index in [4.69, 9.17) is 15.2 Å². The topological polar surface area (TPSA) is 68.9 Å². The van der Waals surface area contributed by atoms with E-state index in [2.05, 4.69) is 36.3 Å². The monoisotopic (exact) mass is 341 g/mol. The highest BCUT2D eigenvalue weighted by Crippen LogP contribution is 2.21. The Kier molecular flexibility index (Phi) is 6.83. The van der Waals surface area contributed by atoms with Crippen LogP contribution in [0.1, 0.15) is 22.3 Å². The molecule has 2 aromatic rings. The number of aliphatic imine (C=N–C) groups is 1. The van der Waals surface area contributed by atoms with Gasteiger partial charge in [-0.25, -0.2) is 4.99 Å². The van der Waals surface area contributed by atoms with Crippen molar-refractivity contribution < 1.29 is 9.47 Å². The van der Waals surface area contributed by atoms with Gasteiger partial charge in [0.1, 0.15) is 12.4 Å². The Bertz CT molecular complexity index is 742. The maximum absolute atomic E-state index is 6.02. The number of benzene rings is 2. The molecule has 0 radical (unpaired) electrons. The van der Waals surface area contributed by atoms with Gasteiger partial charge in [-0.15, -0.1) is 0 Å². The molecular weight excluding hydrogens is 314 g/mol. The smallest absolute Gasteiger partial charge is 0.193 e. The molecule has 0 bridgehead atoms. The number of aryl methyl sites for hydroxylation is 3. The number of hydrogen-bond acceptors (Lipinski definition) is 3. The second kappa shape index (κ2) is 9.08. The lowest BCUT2D eigenvalue weighted by Crippen LogP contribution is -2.22. The quantitative estimate of drug-likeness (QED) is 0.459. The first kappa shape index (κ1) is 18.8. The van der Waals surface area contributed by atoms with E-state index >= 15 is 0 Å². The minimum Gasteiger partial charge on any atom is -0.491 e. The van der Waals surface area contributed by atoms with Crippen molar-refractivity contribution in [2.45, 2.75) is 27.3 Å². The van der Waals surface area contributed by atoms with Gasteiger partial charge in [0.2, 0.25) is 0 Å². The molecule has 5 nitrogen and oxygen atoms in total. The van der Waals surface area contributed by atoms with Gasteiger partial charge in [0.15, 0.2) is 5.96 Å². The number of methoxy groups -OCH3 is 1. The summed E-state index contributed by atoms with van der Waals surface area (Å²) in [5.41, 5.74) is 11.6. The molecule has 0 aliphatic carbocycles. The summed E-state index contributed by atoms with van der Waals surface area (Å²) in [4.78, 5) is 4.43. The second-order valence-corrected chi connectivity index (χ2v) is 6.08. The summed E-state index contributed by atoms with van der Waals surface area (Å²) in [5.74, 6) is 1.20. The molecular formula is C20H27N3O2. The Morgan fingerprint density at radius 1 is 1.04 bits per heavy atom. The summed E-state index contributed by atoms with van der Waals surface area (Å²) in [6, 6.07) is 12.2. The molecule has 3 N–H and O–H groups in total. The van der Waals surface area contributed by atoms with Crippen LogP contribution in [0.5, 0.6) is 5.75 Å². The fourth-order valence-electron chi connectivity index (χ4n) is 2.34. The van der Waals surface area contributed by atoms with Gasteiger partial charge in [-0.3, -0.25) is 0 Å². The maximum Gasteiger partial charge on any atom is 0.193 e. The van der Waals surface area contributed by atoms with Gasteiger partial charge >= 0.3 is 0 Å². The lowest BCUT2D eigenvalue weighted by molar-refractivity contribution is 0.146. The van der Waals surface area contributed by atoms with Crippen LogP contribution >= 0.6 is 0 Å². The molecule has 2 aromatic carbocycles. The average molecular weight is 341 g/mol. The highest BCUT2D eigenvalue weighted by molar-refractivity contribution is 5.92. The number of nitrogens with one attached hydrogen (secondary N) is 1. The Morgan fingerprint density at radius 2 is 1.84 bits per heavy atom. The third kappa shape index (κ3) is 5.80. The molecule has 0 aromatic heterocycles. The van der Waals surface area contributed by atoms with Crippen LogP contribution in [-0.4, -0.2) is 26.3 Å². The molecule has 0 aliphatic rings. The van der Waals surface area contributed by atoms with E-state index in [9.17, 15) is 0 Å². The lowest BCUT2D eigenvalue weighted by Gasteiger charge is -2.12. The normalized spacial score (nSPS) is 11.4. The van der Waals surface area contributed by atoms with Crippen molar-refractivity contribution in [1.29, 1.82) is 0 Å². The molecule has 0 amide bonds. The van der Waals surface area contributed by atoms with Gasteiger partial charge in [-0.05, 0) is 55.7 Å². The summed E-state index contributed by atoms with van der Waals surface area (Å²) in [6.07, 6.45) is 0. The third-order valence-electron chi connectivity index (χ3n) is 3.97. The van der Waals surface area contributed by atoms with Gasteiger partial charge in [-0.2, -0.15) is 0 Å². The van der Waals surface area contributed by atoms with E-state index in [-0.39, 0.29) is 0 Å². The Balaban J connectivity index is 2.05. The molecule has 0 fully saturated rings. The second-order valence-electron chi connectivity index (χ2n) is 6.08. The largest absolute Gasteiger partial charge is 0.491 e. The van der Waals surface area contributed by atoms with Crippen LogP contribution in [0.2, 0.25) is 0 Å². The molecule has 134 valence electrons. The fourth-order valence-corrected chi connectivity index (χ4v) is 2.34. The lowest BCUT2D eigenvalue weighted by atomic mass is 10.1. The van der Waals surface area contributed by atoms with E-state index in [1.165, 1.54) is 11.1 Å². The highest BCUT2D eigenvalue weighted by Gasteiger charge is 2.05. The van der Waals surface area contributed by atoms with Crippen LogP contribution in [0.15, 0.2) is 41.4 Å². The van der Waals surface area contributed by atoms with E-state index in [1.54, 1.807) is 7.11 Å².